The number of sulfonamides is 1. The fourth-order valence-corrected chi connectivity index (χ4v) is 0.194. The summed E-state index contributed by atoms with van der Waals surface area (Å²) in [7, 11) is -3.25. The van der Waals surface area contributed by atoms with Gasteiger partial charge < -0.3 is 0 Å². The SMILES string of the molecule is [CH2]CS(=O)(=O)N=C. The van der Waals surface area contributed by atoms with Gasteiger partial charge in [0.05, 0.1) is 5.75 Å². The fraction of sp³-hybridized carbons (Fsp3) is 0.333. The molecular formula is C3H6NO2S. The molecule has 0 amide bonds. The maximum Gasteiger partial charge on any atom is 0.252 e. The maximum absolute atomic E-state index is 10.1. The Morgan fingerprint density at radius 3 is 2.00 bits per heavy atom. The van der Waals surface area contributed by atoms with Gasteiger partial charge in [-0.1, -0.05) is 0 Å². The molecule has 0 aliphatic heterocycles. The summed E-state index contributed by atoms with van der Waals surface area (Å²) >= 11 is 0. The zero-order chi connectivity index (χ0) is 5.91. The van der Waals surface area contributed by atoms with E-state index in [4.69, 9.17) is 0 Å². The van der Waals surface area contributed by atoms with Gasteiger partial charge in [-0.05, 0) is 6.92 Å². The molecule has 0 bridgehead atoms. The molecule has 0 aliphatic rings. The van der Waals surface area contributed by atoms with E-state index in [-0.39, 0.29) is 5.75 Å². The molecule has 0 aromatic carbocycles. The largest absolute Gasteiger partial charge is 0.252 e. The van der Waals surface area contributed by atoms with Gasteiger partial charge in [-0.2, -0.15) is 4.40 Å². The molecule has 0 heterocycles. The first-order chi connectivity index (χ1) is 3.12. The van der Waals surface area contributed by atoms with E-state index < -0.39 is 10.0 Å². The summed E-state index contributed by atoms with van der Waals surface area (Å²) in [5, 5.41) is 0. The van der Waals surface area contributed by atoms with Gasteiger partial charge in [0.15, 0.2) is 0 Å². The number of nitrogens with zero attached hydrogens (tertiary/aromatic N) is 1. The van der Waals surface area contributed by atoms with Crippen LogP contribution in [0.1, 0.15) is 0 Å². The second-order valence-electron chi connectivity index (χ2n) is 0.915. The molecule has 3 nitrogen and oxygen atoms in total. The lowest BCUT2D eigenvalue weighted by Gasteiger charge is -1.83. The van der Waals surface area contributed by atoms with E-state index in [1.54, 1.807) is 0 Å². The van der Waals surface area contributed by atoms with Crippen LogP contribution in [-0.2, 0) is 10.0 Å². The first kappa shape index (κ1) is 6.62. The molecule has 0 N–H and O–H groups in total. The van der Waals surface area contributed by atoms with Gasteiger partial charge in [0.1, 0.15) is 0 Å². The minimum absolute atomic E-state index is 0.212. The molecule has 0 atom stereocenters. The first-order valence-electron chi connectivity index (χ1n) is 1.62. The normalized spacial score (nSPS) is 11.0. The Labute approximate surface area is 43.1 Å². The number of hydrogen-bond donors (Lipinski definition) is 0. The third-order valence-corrected chi connectivity index (χ3v) is 1.36. The molecule has 0 saturated heterocycles. The lowest BCUT2D eigenvalue weighted by Crippen LogP contribution is -1.95. The first-order valence-corrected chi connectivity index (χ1v) is 3.23. The van der Waals surface area contributed by atoms with E-state index in [2.05, 4.69) is 18.0 Å². The average Bonchev–Trinajstić information content (AvgIpc) is 1.68. The van der Waals surface area contributed by atoms with Crippen molar-refractivity contribution in [2.75, 3.05) is 5.75 Å². The van der Waals surface area contributed by atoms with Crippen LogP contribution in [0.3, 0.4) is 0 Å². The average molecular weight is 120 g/mol. The van der Waals surface area contributed by atoms with Crippen LogP contribution in [0.5, 0.6) is 0 Å². The fourth-order valence-electron chi connectivity index (χ4n) is 0.0645. The molecule has 4 heteroatoms. The molecule has 0 aromatic rings. The van der Waals surface area contributed by atoms with Crippen LogP contribution in [0.15, 0.2) is 4.40 Å². The van der Waals surface area contributed by atoms with Gasteiger partial charge in [0.25, 0.3) is 10.0 Å². The number of rotatable bonds is 2. The Hall–Kier alpha value is -0.380. The van der Waals surface area contributed by atoms with Crippen LogP contribution in [-0.4, -0.2) is 20.9 Å². The third-order valence-electron chi connectivity index (χ3n) is 0.455. The van der Waals surface area contributed by atoms with Crippen molar-refractivity contribution in [2.24, 2.45) is 4.40 Å². The summed E-state index contributed by atoms with van der Waals surface area (Å²) in [5.41, 5.74) is 0. The highest BCUT2D eigenvalue weighted by molar-refractivity contribution is 7.90. The summed E-state index contributed by atoms with van der Waals surface area (Å²) in [6.45, 7) is 5.93. The van der Waals surface area contributed by atoms with E-state index >= 15 is 0 Å². The molecule has 0 fully saturated rings. The topological polar surface area (TPSA) is 46.5 Å². The monoisotopic (exact) mass is 120 g/mol. The van der Waals surface area contributed by atoms with E-state index in [9.17, 15) is 8.42 Å². The Kier molecular flexibility index (Phi) is 1.95. The molecule has 0 aromatic heterocycles. The van der Waals surface area contributed by atoms with Gasteiger partial charge in [-0.3, -0.25) is 0 Å². The molecule has 41 valence electrons. The predicted octanol–water partition coefficient (Wildman–Crippen LogP) is -0.149. The van der Waals surface area contributed by atoms with Crippen LogP contribution in [0.4, 0.5) is 0 Å². The van der Waals surface area contributed by atoms with Crippen molar-refractivity contribution in [1.29, 1.82) is 0 Å². The van der Waals surface area contributed by atoms with Crippen molar-refractivity contribution in [3.8, 4) is 0 Å². The zero-order valence-corrected chi connectivity index (χ0v) is 4.61. The lowest BCUT2D eigenvalue weighted by atomic mass is 11.0. The predicted molar refractivity (Wildman–Crippen MR) is 28.7 cm³/mol. The van der Waals surface area contributed by atoms with Gasteiger partial charge in [-0.25, -0.2) is 8.42 Å². The molecule has 1 radical (unpaired) electrons. The number of hydrogen-bond acceptors (Lipinski definition) is 2. The Morgan fingerprint density at radius 1 is 1.57 bits per heavy atom. The molecule has 0 unspecified atom stereocenters. The van der Waals surface area contributed by atoms with Gasteiger partial charge >= 0.3 is 0 Å². The molecule has 7 heavy (non-hydrogen) atoms. The second-order valence-corrected chi connectivity index (χ2v) is 2.75. The minimum Gasteiger partial charge on any atom is -0.205 e. The smallest absolute Gasteiger partial charge is 0.205 e. The zero-order valence-electron chi connectivity index (χ0n) is 3.79. The third kappa shape index (κ3) is 2.33. The minimum atomic E-state index is -3.25. The van der Waals surface area contributed by atoms with Gasteiger partial charge in [0, 0.05) is 6.72 Å². The molecule has 0 aliphatic carbocycles. The summed E-state index contributed by atoms with van der Waals surface area (Å²) in [4.78, 5) is 0. The standard InChI is InChI=1S/C3H6NO2S/c1-3-7(5,6)4-2/h1-3H2. The quantitative estimate of drug-likeness (QED) is 0.476. The molecule has 0 saturated carbocycles. The van der Waals surface area contributed by atoms with Crippen LogP contribution in [0.25, 0.3) is 0 Å². The van der Waals surface area contributed by atoms with Crippen LogP contribution < -0.4 is 0 Å². The molecule has 0 spiro atoms. The molecule has 0 rings (SSSR count). The van der Waals surface area contributed by atoms with Crippen molar-refractivity contribution in [2.45, 2.75) is 0 Å². The van der Waals surface area contributed by atoms with Crippen LogP contribution >= 0.6 is 0 Å². The van der Waals surface area contributed by atoms with Crippen molar-refractivity contribution in [3.63, 3.8) is 0 Å². The second kappa shape index (κ2) is 2.07. The summed E-state index contributed by atoms with van der Waals surface area (Å²) < 4.78 is 23.0. The summed E-state index contributed by atoms with van der Waals surface area (Å²) in [5.74, 6) is -0.212. The van der Waals surface area contributed by atoms with Crippen molar-refractivity contribution in [1.82, 2.24) is 0 Å². The van der Waals surface area contributed by atoms with E-state index in [1.165, 1.54) is 0 Å². The Morgan fingerprint density at radius 2 is 2.00 bits per heavy atom. The highest BCUT2D eigenvalue weighted by Crippen LogP contribution is 1.84. The highest BCUT2D eigenvalue weighted by Gasteiger charge is 1.96. The van der Waals surface area contributed by atoms with E-state index in [0.717, 1.165) is 0 Å². The molecular weight excluding hydrogens is 114 g/mol. The summed E-state index contributed by atoms with van der Waals surface area (Å²) in [6, 6.07) is 0. The lowest BCUT2D eigenvalue weighted by molar-refractivity contribution is 0.601. The van der Waals surface area contributed by atoms with Crippen molar-refractivity contribution < 1.29 is 8.42 Å². The van der Waals surface area contributed by atoms with Crippen LogP contribution in [0, 0.1) is 6.92 Å². The van der Waals surface area contributed by atoms with E-state index in [0.29, 0.717) is 0 Å². The Balaban J connectivity index is 4.17. The van der Waals surface area contributed by atoms with Gasteiger partial charge in [-0.15, -0.1) is 0 Å². The van der Waals surface area contributed by atoms with Crippen molar-refractivity contribution >= 4 is 16.7 Å². The Bertz CT molecular complexity index is 146. The van der Waals surface area contributed by atoms with Gasteiger partial charge in [0.2, 0.25) is 0 Å². The van der Waals surface area contributed by atoms with Crippen molar-refractivity contribution in [3.05, 3.63) is 6.92 Å². The van der Waals surface area contributed by atoms with E-state index in [1.807, 2.05) is 0 Å². The summed E-state index contributed by atoms with van der Waals surface area (Å²) in [6.07, 6.45) is 0. The highest BCUT2D eigenvalue weighted by atomic mass is 32.2. The van der Waals surface area contributed by atoms with Crippen LogP contribution in [0.2, 0.25) is 0 Å². The maximum atomic E-state index is 10.1.